The van der Waals surface area contributed by atoms with Crippen molar-refractivity contribution in [3.63, 3.8) is 0 Å². The highest BCUT2D eigenvalue weighted by molar-refractivity contribution is 5.97. The van der Waals surface area contributed by atoms with Gasteiger partial charge in [0.2, 0.25) is 0 Å². The molecule has 138 valence electrons. The van der Waals surface area contributed by atoms with E-state index in [1.165, 1.54) is 6.07 Å². The van der Waals surface area contributed by atoms with Gasteiger partial charge in [-0.3, -0.25) is 4.79 Å². The molecule has 0 bridgehead atoms. The van der Waals surface area contributed by atoms with Crippen molar-refractivity contribution in [2.75, 3.05) is 11.9 Å². The van der Waals surface area contributed by atoms with Crippen molar-refractivity contribution < 1.29 is 18.7 Å². The van der Waals surface area contributed by atoms with Crippen molar-refractivity contribution >= 4 is 28.5 Å². The Balaban J connectivity index is 1.70. The molecule has 3 aromatic rings. The first-order chi connectivity index (χ1) is 12.8. The maximum absolute atomic E-state index is 12.2. The largest absolute Gasteiger partial charge is 0.452 e. The molecule has 0 unspecified atom stereocenters. The molecule has 0 saturated carbocycles. The van der Waals surface area contributed by atoms with Crippen molar-refractivity contribution in [3.05, 3.63) is 75.1 Å². The summed E-state index contributed by atoms with van der Waals surface area (Å²) >= 11 is 0. The average molecular weight is 365 g/mol. The van der Waals surface area contributed by atoms with Gasteiger partial charge in [0.15, 0.2) is 6.61 Å². The molecule has 0 aliphatic rings. The standard InChI is InChI=1S/C21H19NO5/c1-12-8-13(2)19(14(3)9-12)22-18(23)11-26-20(24)16-10-15-6-4-5-7-17(15)27-21(16)25/h4-10H,11H2,1-3H3,(H,22,23). The van der Waals surface area contributed by atoms with E-state index in [2.05, 4.69) is 5.32 Å². The van der Waals surface area contributed by atoms with Gasteiger partial charge in [-0.25, -0.2) is 9.59 Å². The zero-order chi connectivity index (χ0) is 19.6. The maximum atomic E-state index is 12.2. The minimum Gasteiger partial charge on any atom is -0.452 e. The molecule has 3 rings (SSSR count). The Morgan fingerprint density at radius 1 is 1.04 bits per heavy atom. The number of para-hydroxylation sites is 1. The fourth-order valence-electron chi connectivity index (χ4n) is 2.97. The SMILES string of the molecule is Cc1cc(C)c(NC(=O)COC(=O)c2cc3ccccc3oc2=O)c(C)c1. The monoisotopic (exact) mass is 365 g/mol. The molecule has 0 fully saturated rings. The van der Waals surface area contributed by atoms with Crippen LogP contribution in [0.15, 0.2) is 51.7 Å². The third-order valence-corrected chi connectivity index (χ3v) is 4.14. The first-order valence-electron chi connectivity index (χ1n) is 8.43. The first-order valence-corrected chi connectivity index (χ1v) is 8.43. The molecule has 1 aromatic heterocycles. The number of amides is 1. The van der Waals surface area contributed by atoms with E-state index < -0.39 is 24.1 Å². The second kappa shape index (κ2) is 7.45. The number of anilines is 1. The summed E-state index contributed by atoms with van der Waals surface area (Å²) < 4.78 is 10.1. The quantitative estimate of drug-likeness (QED) is 0.565. The first kappa shape index (κ1) is 18.4. The number of nitrogens with one attached hydrogen (secondary N) is 1. The Morgan fingerprint density at radius 3 is 2.41 bits per heavy atom. The van der Waals surface area contributed by atoms with Crippen LogP contribution in [-0.4, -0.2) is 18.5 Å². The van der Waals surface area contributed by atoms with Crippen molar-refractivity contribution in [3.8, 4) is 0 Å². The molecule has 0 atom stereocenters. The molecule has 27 heavy (non-hydrogen) atoms. The van der Waals surface area contributed by atoms with Gasteiger partial charge in [-0.2, -0.15) is 0 Å². The Hall–Kier alpha value is -3.41. The second-order valence-corrected chi connectivity index (χ2v) is 6.38. The smallest absolute Gasteiger partial charge is 0.351 e. The van der Waals surface area contributed by atoms with Crippen LogP contribution >= 0.6 is 0 Å². The zero-order valence-corrected chi connectivity index (χ0v) is 15.3. The molecule has 1 N–H and O–H groups in total. The molecular formula is C21H19NO5. The highest BCUT2D eigenvalue weighted by atomic mass is 16.5. The fraction of sp³-hybridized carbons (Fsp3) is 0.190. The number of hydrogen-bond donors (Lipinski definition) is 1. The Morgan fingerprint density at radius 2 is 1.70 bits per heavy atom. The van der Waals surface area contributed by atoms with Gasteiger partial charge in [0, 0.05) is 11.1 Å². The van der Waals surface area contributed by atoms with Crippen LogP contribution < -0.4 is 10.9 Å². The van der Waals surface area contributed by atoms with Gasteiger partial charge in [0.25, 0.3) is 5.91 Å². The summed E-state index contributed by atoms with van der Waals surface area (Å²) in [6.07, 6.45) is 0. The van der Waals surface area contributed by atoms with Crippen molar-refractivity contribution in [2.45, 2.75) is 20.8 Å². The predicted molar refractivity (Wildman–Crippen MR) is 102 cm³/mol. The van der Waals surface area contributed by atoms with E-state index in [1.54, 1.807) is 24.3 Å². The molecule has 2 aromatic carbocycles. The number of carbonyl (C=O) groups excluding carboxylic acids is 2. The lowest BCUT2D eigenvalue weighted by atomic mass is 10.1. The summed E-state index contributed by atoms with van der Waals surface area (Å²) in [5.41, 5.74) is 2.95. The van der Waals surface area contributed by atoms with E-state index in [4.69, 9.17) is 9.15 Å². The van der Waals surface area contributed by atoms with Crippen LogP contribution in [0.1, 0.15) is 27.0 Å². The van der Waals surface area contributed by atoms with Gasteiger partial charge in [-0.15, -0.1) is 0 Å². The van der Waals surface area contributed by atoms with Crippen LogP contribution in [0.5, 0.6) is 0 Å². The topological polar surface area (TPSA) is 85.6 Å². The number of carbonyl (C=O) groups is 2. The summed E-state index contributed by atoms with van der Waals surface area (Å²) in [5.74, 6) is -1.38. The molecule has 0 saturated heterocycles. The van der Waals surface area contributed by atoms with Crippen LogP contribution in [0, 0.1) is 20.8 Å². The maximum Gasteiger partial charge on any atom is 0.351 e. The molecule has 6 nitrogen and oxygen atoms in total. The van der Waals surface area contributed by atoms with E-state index in [0.29, 0.717) is 16.7 Å². The number of rotatable bonds is 4. The molecule has 0 spiro atoms. The number of ether oxygens (including phenoxy) is 1. The fourth-order valence-corrected chi connectivity index (χ4v) is 2.97. The number of benzene rings is 2. The lowest BCUT2D eigenvalue weighted by Crippen LogP contribution is -2.24. The Labute approximate surface area is 155 Å². The molecule has 1 heterocycles. The minimum absolute atomic E-state index is 0.246. The molecule has 0 aliphatic carbocycles. The average Bonchev–Trinajstić information content (AvgIpc) is 2.62. The van der Waals surface area contributed by atoms with Gasteiger partial charge in [-0.05, 0) is 44.0 Å². The number of hydrogen-bond acceptors (Lipinski definition) is 5. The summed E-state index contributed by atoms with van der Waals surface area (Å²) in [5, 5.41) is 3.34. The number of aryl methyl sites for hydroxylation is 3. The van der Waals surface area contributed by atoms with E-state index >= 15 is 0 Å². The minimum atomic E-state index is -0.901. The molecular weight excluding hydrogens is 346 g/mol. The van der Waals surface area contributed by atoms with Crippen LogP contribution in [0.3, 0.4) is 0 Å². The summed E-state index contributed by atoms with van der Waals surface area (Å²) in [4.78, 5) is 36.3. The van der Waals surface area contributed by atoms with E-state index in [9.17, 15) is 14.4 Å². The highest BCUT2D eigenvalue weighted by Gasteiger charge is 2.17. The lowest BCUT2D eigenvalue weighted by Gasteiger charge is -2.13. The van der Waals surface area contributed by atoms with Crippen molar-refractivity contribution in [1.82, 2.24) is 0 Å². The molecule has 0 aliphatic heterocycles. The zero-order valence-electron chi connectivity index (χ0n) is 15.3. The predicted octanol–water partition coefficient (Wildman–Crippen LogP) is 3.51. The van der Waals surface area contributed by atoms with Gasteiger partial charge in [0.05, 0.1) is 0 Å². The molecule has 1 amide bonds. The second-order valence-electron chi connectivity index (χ2n) is 6.38. The van der Waals surface area contributed by atoms with Gasteiger partial charge in [-0.1, -0.05) is 35.9 Å². The third kappa shape index (κ3) is 4.06. The third-order valence-electron chi connectivity index (χ3n) is 4.14. The summed E-state index contributed by atoms with van der Waals surface area (Å²) in [6, 6.07) is 12.1. The van der Waals surface area contributed by atoms with E-state index in [-0.39, 0.29) is 5.56 Å². The van der Waals surface area contributed by atoms with Crippen LogP contribution in [0.2, 0.25) is 0 Å². The Kier molecular flexibility index (Phi) is 5.07. The Bertz CT molecular complexity index is 1070. The number of esters is 1. The highest BCUT2D eigenvalue weighted by Crippen LogP contribution is 2.21. The van der Waals surface area contributed by atoms with Crippen LogP contribution in [0.4, 0.5) is 5.69 Å². The van der Waals surface area contributed by atoms with Crippen molar-refractivity contribution in [2.24, 2.45) is 0 Å². The van der Waals surface area contributed by atoms with Crippen molar-refractivity contribution in [1.29, 1.82) is 0 Å². The van der Waals surface area contributed by atoms with Gasteiger partial charge >= 0.3 is 11.6 Å². The van der Waals surface area contributed by atoms with Gasteiger partial charge in [0.1, 0.15) is 11.1 Å². The van der Waals surface area contributed by atoms with Gasteiger partial charge < -0.3 is 14.5 Å². The van der Waals surface area contributed by atoms with E-state index in [0.717, 1.165) is 16.7 Å². The number of fused-ring (bicyclic) bond motifs is 1. The molecule has 0 radical (unpaired) electrons. The summed E-state index contributed by atoms with van der Waals surface area (Å²) in [7, 11) is 0. The normalized spacial score (nSPS) is 10.6. The lowest BCUT2D eigenvalue weighted by molar-refractivity contribution is -0.119. The van der Waals surface area contributed by atoms with E-state index in [1.807, 2.05) is 32.9 Å². The summed E-state index contributed by atoms with van der Waals surface area (Å²) in [6.45, 7) is 5.25. The molecule has 6 heteroatoms. The van der Waals surface area contributed by atoms with Crippen LogP contribution in [-0.2, 0) is 9.53 Å². The van der Waals surface area contributed by atoms with Crippen LogP contribution in [0.25, 0.3) is 11.0 Å².